The van der Waals surface area contributed by atoms with Gasteiger partial charge in [-0.25, -0.2) is 0 Å². The summed E-state index contributed by atoms with van der Waals surface area (Å²) in [6.07, 6.45) is 4.59. The van der Waals surface area contributed by atoms with Gasteiger partial charge in [-0.05, 0) is 25.2 Å². The molecule has 3 N–H and O–H groups in total. The summed E-state index contributed by atoms with van der Waals surface area (Å²) in [6.45, 7) is 4.01. The number of hydrogen-bond donors (Lipinski definition) is 3. The minimum absolute atomic E-state index is 0.215. The van der Waals surface area contributed by atoms with Crippen LogP contribution in [0.2, 0.25) is 0 Å². The molecule has 110 valence electrons. The molecule has 1 heterocycles. The lowest BCUT2D eigenvalue weighted by atomic mass is 9.95. The second kappa shape index (κ2) is 6.07. The van der Waals surface area contributed by atoms with Crippen molar-refractivity contribution in [2.24, 2.45) is 17.8 Å². The topological polar surface area (TPSA) is 95.1 Å². The SMILES string of the molecule is CCc1cn[nH]c1NC(=O)C1CC(CC)CC1C(=O)O. The number of hydrogen-bond acceptors (Lipinski definition) is 3. The molecule has 1 amide bonds. The van der Waals surface area contributed by atoms with E-state index in [1.54, 1.807) is 6.20 Å². The molecule has 20 heavy (non-hydrogen) atoms. The first-order valence-electron chi connectivity index (χ1n) is 7.12. The van der Waals surface area contributed by atoms with Crippen molar-refractivity contribution in [2.45, 2.75) is 39.5 Å². The number of H-pyrrole nitrogens is 1. The minimum Gasteiger partial charge on any atom is -0.481 e. The number of rotatable bonds is 5. The van der Waals surface area contributed by atoms with Crippen LogP contribution in [-0.2, 0) is 16.0 Å². The molecule has 1 fully saturated rings. The summed E-state index contributed by atoms with van der Waals surface area (Å²) in [7, 11) is 0. The first-order valence-corrected chi connectivity index (χ1v) is 7.12. The molecule has 3 atom stereocenters. The summed E-state index contributed by atoms with van der Waals surface area (Å²) in [5.74, 6) is -1.21. The molecule has 2 rings (SSSR count). The van der Waals surface area contributed by atoms with Gasteiger partial charge in [-0.1, -0.05) is 20.3 Å². The number of aromatic nitrogens is 2. The Hall–Kier alpha value is -1.85. The number of aromatic amines is 1. The van der Waals surface area contributed by atoms with E-state index in [0.29, 0.717) is 24.6 Å². The molecule has 0 saturated heterocycles. The zero-order valence-corrected chi connectivity index (χ0v) is 11.8. The highest BCUT2D eigenvalue weighted by Crippen LogP contribution is 2.39. The lowest BCUT2D eigenvalue weighted by Crippen LogP contribution is -2.30. The number of carboxylic acids is 1. The van der Waals surface area contributed by atoms with Gasteiger partial charge in [-0.3, -0.25) is 14.7 Å². The third-order valence-electron chi connectivity index (χ3n) is 4.24. The number of aliphatic carboxylic acids is 1. The van der Waals surface area contributed by atoms with Crippen LogP contribution >= 0.6 is 0 Å². The smallest absolute Gasteiger partial charge is 0.307 e. The van der Waals surface area contributed by atoms with Crippen LogP contribution in [0, 0.1) is 17.8 Å². The summed E-state index contributed by atoms with van der Waals surface area (Å²) in [4.78, 5) is 23.6. The number of nitrogens with one attached hydrogen (secondary N) is 2. The summed E-state index contributed by atoms with van der Waals surface area (Å²) in [5.41, 5.74) is 0.926. The molecule has 6 heteroatoms. The zero-order chi connectivity index (χ0) is 14.7. The highest BCUT2D eigenvalue weighted by atomic mass is 16.4. The van der Waals surface area contributed by atoms with Crippen LogP contribution in [0.25, 0.3) is 0 Å². The Morgan fingerprint density at radius 2 is 2.10 bits per heavy atom. The van der Waals surface area contributed by atoms with Crippen molar-refractivity contribution in [2.75, 3.05) is 5.32 Å². The lowest BCUT2D eigenvalue weighted by Gasteiger charge is -2.15. The van der Waals surface area contributed by atoms with E-state index in [4.69, 9.17) is 0 Å². The maximum atomic E-state index is 12.3. The maximum Gasteiger partial charge on any atom is 0.307 e. The van der Waals surface area contributed by atoms with Crippen molar-refractivity contribution in [3.63, 3.8) is 0 Å². The summed E-state index contributed by atoms with van der Waals surface area (Å²) < 4.78 is 0. The van der Waals surface area contributed by atoms with Crippen LogP contribution in [0.5, 0.6) is 0 Å². The van der Waals surface area contributed by atoms with Gasteiger partial charge >= 0.3 is 5.97 Å². The van der Waals surface area contributed by atoms with Gasteiger partial charge in [-0.2, -0.15) is 5.10 Å². The molecule has 1 saturated carbocycles. The molecule has 1 aromatic heterocycles. The average molecular weight is 279 g/mol. The normalized spacial score (nSPS) is 25.6. The molecular formula is C14H21N3O3. The van der Waals surface area contributed by atoms with Crippen LogP contribution in [0.1, 0.15) is 38.7 Å². The Labute approximate surface area is 118 Å². The highest BCUT2D eigenvalue weighted by molar-refractivity contribution is 5.95. The second-order valence-corrected chi connectivity index (χ2v) is 5.41. The van der Waals surface area contributed by atoms with Gasteiger partial charge in [0.15, 0.2) is 0 Å². The number of aryl methyl sites for hydroxylation is 1. The molecule has 0 spiro atoms. The summed E-state index contributed by atoms with van der Waals surface area (Å²) >= 11 is 0. The van der Waals surface area contributed by atoms with Crippen LogP contribution < -0.4 is 5.32 Å². The number of anilines is 1. The Morgan fingerprint density at radius 1 is 1.40 bits per heavy atom. The van der Waals surface area contributed by atoms with Crippen molar-refractivity contribution < 1.29 is 14.7 Å². The fraction of sp³-hybridized carbons (Fsp3) is 0.643. The second-order valence-electron chi connectivity index (χ2n) is 5.41. The fourth-order valence-corrected chi connectivity index (χ4v) is 2.94. The molecule has 6 nitrogen and oxygen atoms in total. The van der Waals surface area contributed by atoms with Crippen molar-refractivity contribution in [1.82, 2.24) is 10.2 Å². The molecule has 1 aliphatic rings. The molecule has 1 aromatic rings. The third kappa shape index (κ3) is 2.84. The Kier molecular flexibility index (Phi) is 4.42. The van der Waals surface area contributed by atoms with E-state index in [-0.39, 0.29) is 5.91 Å². The van der Waals surface area contributed by atoms with Crippen molar-refractivity contribution in [3.8, 4) is 0 Å². The van der Waals surface area contributed by atoms with Crippen LogP contribution in [0.3, 0.4) is 0 Å². The average Bonchev–Trinajstić information content (AvgIpc) is 3.04. The molecular weight excluding hydrogens is 258 g/mol. The van der Waals surface area contributed by atoms with Gasteiger partial charge < -0.3 is 10.4 Å². The van der Waals surface area contributed by atoms with Gasteiger partial charge in [0.1, 0.15) is 5.82 Å². The van der Waals surface area contributed by atoms with Crippen molar-refractivity contribution in [3.05, 3.63) is 11.8 Å². The van der Waals surface area contributed by atoms with Gasteiger partial charge in [0.25, 0.3) is 0 Å². The standard InChI is InChI=1S/C14H21N3O3/c1-3-8-5-10(11(6-8)14(19)20)13(18)16-12-9(4-2)7-15-17-12/h7-8,10-11H,3-6H2,1-2H3,(H,19,20)(H2,15,16,17,18). The van der Waals surface area contributed by atoms with Crippen molar-refractivity contribution >= 4 is 17.7 Å². The van der Waals surface area contributed by atoms with E-state index in [0.717, 1.165) is 18.4 Å². The zero-order valence-electron chi connectivity index (χ0n) is 11.8. The fourth-order valence-electron chi connectivity index (χ4n) is 2.94. The number of carboxylic acid groups (broad SMARTS) is 1. The predicted octanol–water partition coefficient (Wildman–Crippen LogP) is 2.05. The number of nitrogens with zero attached hydrogens (tertiary/aromatic N) is 1. The molecule has 0 aromatic carbocycles. The maximum absolute atomic E-state index is 12.3. The van der Waals surface area contributed by atoms with Gasteiger partial charge in [0, 0.05) is 5.56 Å². The Balaban J connectivity index is 2.09. The summed E-state index contributed by atoms with van der Waals surface area (Å²) in [5, 5.41) is 18.7. The molecule has 1 aliphatic carbocycles. The number of carbonyl (C=O) groups excluding carboxylic acids is 1. The lowest BCUT2D eigenvalue weighted by molar-refractivity contribution is -0.145. The molecule has 0 aliphatic heterocycles. The third-order valence-corrected chi connectivity index (χ3v) is 4.24. The first kappa shape index (κ1) is 14.6. The monoisotopic (exact) mass is 279 g/mol. The molecule has 0 radical (unpaired) electrons. The predicted molar refractivity (Wildman–Crippen MR) is 74.2 cm³/mol. The van der Waals surface area contributed by atoms with E-state index in [9.17, 15) is 14.7 Å². The molecule has 3 unspecified atom stereocenters. The van der Waals surface area contributed by atoms with Crippen LogP contribution in [-0.4, -0.2) is 27.2 Å². The van der Waals surface area contributed by atoms with E-state index in [1.807, 2.05) is 13.8 Å². The minimum atomic E-state index is -0.874. The van der Waals surface area contributed by atoms with Gasteiger partial charge in [-0.15, -0.1) is 0 Å². The Bertz CT molecular complexity index is 498. The number of carbonyl (C=O) groups is 2. The van der Waals surface area contributed by atoms with E-state index in [1.165, 1.54) is 0 Å². The number of amides is 1. The molecule has 0 bridgehead atoms. The first-order chi connectivity index (χ1) is 9.56. The van der Waals surface area contributed by atoms with Crippen LogP contribution in [0.15, 0.2) is 6.20 Å². The summed E-state index contributed by atoms with van der Waals surface area (Å²) in [6, 6.07) is 0. The van der Waals surface area contributed by atoms with Gasteiger partial charge in [0.2, 0.25) is 5.91 Å². The van der Waals surface area contributed by atoms with Crippen LogP contribution in [0.4, 0.5) is 5.82 Å². The highest BCUT2D eigenvalue weighted by Gasteiger charge is 2.42. The van der Waals surface area contributed by atoms with E-state index >= 15 is 0 Å². The Morgan fingerprint density at radius 3 is 2.70 bits per heavy atom. The van der Waals surface area contributed by atoms with E-state index in [2.05, 4.69) is 15.5 Å². The van der Waals surface area contributed by atoms with Gasteiger partial charge in [0.05, 0.1) is 18.0 Å². The largest absolute Gasteiger partial charge is 0.481 e. The van der Waals surface area contributed by atoms with Crippen molar-refractivity contribution in [1.29, 1.82) is 0 Å². The quantitative estimate of drug-likeness (QED) is 0.768. The van der Waals surface area contributed by atoms with E-state index < -0.39 is 17.8 Å².